The van der Waals surface area contributed by atoms with Crippen molar-refractivity contribution in [3.8, 4) is 0 Å². The zero-order chi connectivity index (χ0) is 21.7. The van der Waals surface area contributed by atoms with E-state index >= 15 is 0 Å². The van der Waals surface area contributed by atoms with Crippen LogP contribution in [0.3, 0.4) is 0 Å². The minimum absolute atomic E-state index is 0.00184. The molecule has 1 rings (SSSR count). The third-order valence-corrected chi connectivity index (χ3v) is 7.85. The van der Waals surface area contributed by atoms with Crippen LogP contribution in [0.2, 0.25) is 0 Å². The largest absolute Gasteiger partial charge is 0.392 e. The molecule has 0 saturated heterocycles. The van der Waals surface area contributed by atoms with Crippen molar-refractivity contribution in [2.75, 3.05) is 0 Å². The van der Waals surface area contributed by atoms with Crippen LogP contribution in [0.15, 0.2) is 11.6 Å². The third-order valence-electron chi connectivity index (χ3n) is 7.85. The van der Waals surface area contributed by atoms with Gasteiger partial charge in [0.2, 0.25) is 0 Å². The number of rotatable bonds is 3. The Labute approximate surface area is 171 Å². The zero-order valence-corrected chi connectivity index (χ0v) is 20.9. The fraction of sp³-hybridized carbons (Fsp3) is 0.923. The fourth-order valence-corrected chi connectivity index (χ4v) is 6.71. The number of unbranched alkanes of at least 4 members (excludes halogenated alkanes) is 1. The van der Waals surface area contributed by atoms with Gasteiger partial charge >= 0.3 is 0 Å². The lowest BCUT2D eigenvalue weighted by atomic mass is 9.37. The number of hydrogen-bond donors (Lipinski definition) is 1. The Balaban J connectivity index is 3.98. The summed E-state index contributed by atoms with van der Waals surface area (Å²) < 4.78 is 0. The van der Waals surface area contributed by atoms with Crippen molar-refractivity contribution >= 4 is 0 Å². The molecule has 0 bridgehead atoms. The van der Waals surface area contributed by atoms with Crippen molar-refractivity contribution in [2.24, 2.45) is 32.5 Å². The first kappa shape index (κ1) is 24.7. The highest BCUT2D eigenvalue weighted by atomic mass is 16.3. The molecule has 27 heavy (non-hydrogen) atoms. The molecule has 0 aromatic carbocycles. The topological polar surface area (TPSA) is 20.2 Å². The van der Waals surface area contributed by atoms with Gasteiger partial charge in [-0.05, 0) is 40.9 Å². The molecule has 0 radical (unpaired) electrons. The molecule has 1 aliphatic carbocycles. The summed E-state index contributed by atoms with van der Waals surface area (Å²) in [5.41, 5.74) is 1.03. The third kappa shape index (κ3) is 3.79. The average molecular weight is 379 g/mol. The molecular weight excluding hydrogens is 328 g/mol. The first-order chi connectivity index (χ1) is 11.8. The van der Waals surface area contributed by atoms with Gasteiger partial charge in [-0.2, -0.15) is 0 Å². The van der Waals surface area contributed by atoms with E-state index in [1.807, 2.05) is 0 Å². The second kappa shape index (κ2) is 7.19. The normalized spacial score (nSPS) is 23.9. The molecular formula is C26H50O. The van der Waals surface area contributed by atoms with Gasteiger partial charge in [-0.1, -0.05) is 108 Å². The molecule has 0 heterocycles. The monoisotopic (exact) mass is 378 g/mol. The van der Waals surface area contributed by atoms with Gasteiger partial charge in [0, 0.05) is 10.8 Å². The zero-order valence-electron chi connectivity index (χ0n) is 20.9. The van der Waals surface area contributed by atoms with Crippen molar-refractivity contribution in [3.63, 3.8) is 0 Å². The van der Waals surface area contributed by atoms with Gasteiger partial charge in [-0.25, -0.2) is 0 Å². The van der Waals surface area contributed by atoms with Crippen LogP contribution in [0, 0.1) is 32.5 Å². The quantitative estimate of drug-likeness (QED) is 0.493. The molecule has 0 aromatic heterocycles. The maximum atomic E-state index is 12.4. The standard InChI is InChI=1S/C26H50O/c1-14-15-16-19-17-25(21(2,3)4,22(5,6)7)20(27)26(18-19,23(8,9)10)24(11,12)13/h17,20,27H,14-16,18H2,1-13H3. The Morgan fingerprint density at radius 2 is 1.22 bits per heavy atom. The molecule has 0 saturated carbocycles. The Morgan fingerprint density at radius 1 is 0.815 bits per heavy atom. The van der Waals surface area contributed by atoms with Crippen LogP contribution in [-0.2, 0) is 0 Å². The summed E-state index contributed by atoms with van der Waals surface area (Å²) in [7, 11) is 0. The molecule has 1 aliphatic rings. The molecule has 1 unspecified atom stereocenters. The molecule has 1 nitrogen and oxygen atoms in total. The van der Waals surface area contributed by atoms with E-state index in [1.54, 1.807) is 5.57 Å². The summed E-state index contributed by atoms with van der Waals surface area (Å²) in [4.78, 5) is 0. The van der Waals surface area contributed by atoms with Gasteiger partial charge in [-0.15, -0.1) is 0 Å². The van der Waals surface area contributed by atoms with E-state index in [2.05, 4.69) is 96.1 Å². The lowest BCUT2D eigenvalue weighted by Gasteiger charge is -2.68. The minimum atomic E-state index is -0.393. The van der Waals surface area contributed by atoms with Crippen LogP contribution < -0.4 is 0 Å². The lowest BCUT2D eigenvalue weighted by Crippen LogP contribution is -2.67. The molecule has 160 valence electrons. The number of aliphatic hydroxyl groups excluding tert-OH is 1. The predicted octanol–water partition coefficient (Wildman–Crippen LogP) is 8.02. The Kier molecular flexibility index (Phi) is 6.59. The van der Waals surface area contributed by atoms with Gasteiger partial charge < -0.3 is 5.11 Å². The molecule has 0 fully saturated rings. The first-order valence-electron chi connectivity index (χ1n) is 11.2. The van der Waals surface area contributed by atoms with Crippen LogP contribution in [0.1, 0.15) is 116 Å². The van der Waals surface area contributed by atoms with Gasteiger partial charge in [0.05, 0.1) is 6.10 Å². The van der Waals surface area contributed by atoms with Crippen LogP contribution in [0.25, 0.3) is 0 Å². The van der Waals surface area contributed by atoms with Gasteiger partial charge in [0.15, 0.2) is 0 Å². The maximum absolute atomic E-state index is 12.4. The molecule has 0 aromatic rings. The summed E-state index contributed by atoms with van der Waals surface area (Å²) in [6.45, 7) is 30.3. The van der Waals surface area contributed by atoms with Crippen molar-refractivity contribution in [1.29, 1.82) is 0 Å². The van der Waals surface area contributed by atoms with Gasteiger partial charge in [-0.3, -0.25) is 0 Å². The van der Waals surface area contributed by atoms with E-state index in [0.29, 0.717) is 0 Å². The van der Waals surface area contributed by atoms with E-state index in [0.717, 1.165) is 12.8 Å². The SMILES string of the molecule is CCCCC1=CC(C(C)(C)C)(C(C)(C)C)C(O)C(C(C)(C)C)(C(C)(C)C)C1. The van der Waals surface area contributed by atoms with Crippen molar-refractivity contribution in [2.45, 2.75) is 122 Å². The summed E-state index contributed by atoms with van der Waals surface area (Å²) >= 11 is 0. The Morgan fingerprint density at radius 3 is 1.52 bits per heavy atom. The molecule has 0 amide bonds. The van der Waals surface area contributed by atoms with E-state index in [9.17, 15) is 5.11 Å². The average Bonchev–Trinajstić information content (AvgIpc) is 2.40. The summed E-state index contributed by atoms with van der Waals surface area (Å²) in [5, 5.41) is 12.4. The number of aliphatic hydroxyl groups is 1. The van der Waals surface area contributed by atoms with Crippen molar-refractivity contribution in [3.05, 3.63) is 11.6 Å². The Hall–Kier alpha value is -0.300. The molecule has 1 atom stereocenters. The fourth-order valence-electron chi connectivity index (χ4n) is 6.71. The highest BCUT2D eigenvalue weighted by Crippen LogP contribution is 2.69. The van der Waals surface area contributed by atoms with Crippen LogP contribution >= 0.6 is 0 Å². The van der Waals surface area contributed by atoms with E-state index in [-0.39, 0.29) is 32.5 Å². The predicted molar refractivity (Wildman–Crippen MR) is 121 cm³/mol. The second-order valence-electron chi connectivity index (χ2n) is 13.3. The molecule has 0 spiro atoms. The summed E-state index contributed by atoms with van der Waals surface area (Å²) in [6, 6.07) is 0. The van der Waals surface area contributed by atoms with Gasteiger partial charge in [0.25, 0.3) is 0 Å². The van der Waals surface area contributed by atoms with E-state index < -0.39 is 6.10 Å². The minimum Gasteiger partial charge on any atom is -0.392 e. The highest BCUT2D eigenvalue weighted by Gasteiger charge is 2.67. The van der Waals surface area contributed by atoms with Crippen LogP contribution in [-0.4, -0.2) is 11.2 Å². The van der Waals surface area contributed by atoms with Crippen LogP contribution in [0.4, 0.5) is 0 Å². The number of hydrogen-bond acceptors (Lipinski definition) is 1. The molecule has 0 aliphatic heterocycles. The smallest absolute Gasteiger partial charge is 0.0710 e. The highest BCUT2D eigenvalue weighted by molar-refractivity contribution is 5.30. The summed E-state index contributed by atoms with van der Waals surface area (Å²) in [5.74, 6) is 0. The van der Waals surface area contributed by atoms with Crippen molar-refractivity contribution in [1.82, 2.24) is 0 Å². The van der Waals surface area contributed by atoms with Gasteiger partial charge in [0.1, 0.15) is 0 Å². The maximum Gasteiger partial charge on any atom is 0.0710 e. The van der Waals surface area contributed by atoms with Crippen LogP contribution in [0.5, 0.6) is 0 Å². The molecule has 1 N–H and O–H groups in total. The first-order valence-corrected chi connectivity index (χ1v) is 11.2. The van der Waals surface area contributed by atoms with E-state index in [1.165, 1.54) is 12.8 Å². The molecule has 1 heteroatoms. The van der Waals surface area contributed by atoms with E-state index in [4.69, 9.17) is 0 Å². The Bertz CT molecular complexity index is 509. The number of allylic oxidation sites excluding steroid dienone is 1. The second-order valence-corrected chi connectivity index (χ2v) is 13.3. The lowest BCUT2D eigenvalue weighted by molar-refractivity contribution is -0.223. The summed E-state index contributed by atoms with van der Waals surface area (Å²) in [6.07, 6.45) is 6.76. The van der Waals surface area contributed by atoms with Crippen molar-refractivity contribution < 1.29 is 5.11 Å².